The van der Waals surface area contributed by atoms with Crippen LogP contribution in [0.3, 0.4) is 0 Å². The van der Waals surface area contributed by atoms with Crippen LogP contribution in [-0.4, -0.2) is 108 Å². The second-order valence-electron chi connectivity index (χ2n) is 13.0. The van der Waals surface area contributed by atoms with Crippen LogP contribution >= 0.6 is 0 Å². The van der Waals surface area contributed by atoms with E-state index in [1.807, 2.05) is 40.7 Å². The molecule has 1 unspecified atom stereocenters. The predicted molar refractivity (Wildman–Crippen MR) is 199 cm³/mol. The first-order valence-electron chi connectivity index (χ1n) is 17.4. The van der Waals surface area contributed by atoms with E-state index in [1.165, 1.54) is 24.5 Å². The van der Waals surface area contributed by atoms with E-state index < -0.39 is 58.1 Å². The summed E-state index contributed by atoms with van der Waals surface area (Å²) in [6.45, 7) is 5.35. The zero-order valence-corrected chi connectivity index (χ0v) is 38.9. The zero-order chi connectivity index (χ0) is 40.4. The van der Waals surface area contributed by atoms with Crippen LogP contribution in [0.2, 0.25) is 0 Å². The molecule has 1 aromatic rings. The molecule has 0 bridgehead atoms. The van der Waals surface area contributed by atoms with Crippen molar-refractivity contribution in [1.82, 2.24) is 4.58 Å². The SMILES string of the molecule is CC[N+](CCCS(=O)(=O)[O-])=c1ccc2c(/C=C/C=C3/N(CCOCCOCCC(=O)O)c4ccc(S(=O)(=O)[O-])cc4C3(C)CCCS(=O)(=O)[O-])ccoc-2c1.[Na+].[Na+]. The van der Waals surface area contributed by atoms with Crippen LogP contribution in [0.4, 0.5) is 5.69 Å². The van der Waals surface area contributed by atoms with Gasteiger partial charge in [0.25, 0.3) is 0 Å². The summed E-state index contributed by atoms with van der Waals surface area (Å²) < 4.78 is 123. The molecule has 1 aromatic carbocycles. The van der Waals surface area contributed by atoms with Crippen molar-refractivity contribution >= 4 is 48.1 Å². The fraction of sp³-hybridized carbons (Fsp3) is 0.444. The quantitative estimate of drug-likeness (QED) is 0.0473. The molecule has 57 heavy (non-hydrogen) atoms. The zero-order valence-electron chi connectivity index (χ0n) is 32.4. The number of carbonyl (C=O) groups is 1. The van der Waals surface area contributed by atoms with Gasteiger partial charge >= 0.3 is 65.1 Å². The topological polar surface area (TPSA) is 247 Å². The predicted octanol–water partition coefficient (Wildman–Crippen LogP) is -3.47. The second kappa shape index (κ2) is 22.6. The molecular weight excluding hydrogens is 827 g/mol. The summed E-state index contributed by atoms with van der Waals surface area (Å²) in [5, 5.41) is 9.55. The Kier molecular flexibility index (Phi) is 20.3. The molecule has 0 saturated carbocycles. The summed E-state index contributed by atoms with van der Waals surface area (Å²) in [4.78, 5) is 12.1. The molecule has 1 atom stereocenters. The maximum Gasteiger partial charge on any atom is 1.00 e. The van der Waals surface area contributed by atoms with E-state index in [4.69, 9.17) is 19.0 Å². The van der Waals surface area contributed by atoms with Gasteiger partial charge in [0.2, 0.25) is 5.36 Å². The number of aliphatic carboxylic acids is 1. The molecule has 0 aromatic heterocycles. The molecule has 0 spiro atoms. The smallest absolute Gasteiger partial charge is 0.748 e. The molecule has 0 radical (unpaired) electrons. The van der Waals surface area contributed by atoms with Crippen LogP contribution in [0.25, 0.3) is 17.4 Å². The number of ether oxygens (including phenoxy) is 2. The van der Waals surface area contributed by atoms with Crippen molar-refractivity contribution in [3.8, 4) is 11.3 Å². The number of nitrogens with zero attached hydrogens (tertiary/aromatic N) is 2. The molecule has 3 aliphatic rings. The minimum absolute atomic E-state index is 0. The van der Waals surface area contributed by atoms with Crippen LogP contribution < -0.4 is 73.9 Å². The molecule has 0 fully saturated rings. The molecule has 4 rings (SSSR count). The Morgan fingerprint density at radius 3 is 2.21 bits per heavy atom. The third kappa shape index (κ3) is 15.2. The van der Waals surface area contributed by atoms with Crippen LogP contribution in [-0.2, 0) is 50.0 Å². The monoisotopic (exact) mass is 870 g/mol. The van der Waals surface area contributed by atoms with Crippen molar-refractivity contribution < 1.29 is 122 Å². The number of fused-ring (bicyclic) bond motifs is 2. The number of rotatable bonds is 21. The van der Waals surface area contributed by atoms with E-state index in [-0.39, 0.29) is 118 Å². The minimum Gasteiger partial charge on any atom is -0.748 e. The van der Waals surface area contributed by atoms with E-state index in [1.54, 1.807) is 25.1 Å². The fourth-order valence-electron chi connectivity index (χ4n) is 6.54. The summed E-state index contributed by atoms with van der Waals surface area (Å²) in [7, 11) is -13.8. The Hall–Kier alpha value is -1.95. The number of hydrogen-bond donors (Lipinski definition) is 1. The van der Waals surface area contributed by atoms with Gasteiger partial charge in [-0.25, -0.2) is 29.8 Å². The largest absolute Gasteiger partial charge is 1.00 e. The van der Waals surface area contributed by atoms with Crippen LogP contribution in [0.5, 0.6) is 0 Å². The van der Waals surface area contributed by atoms with Crippen molar-refractivity contribution in [2.24, 2.45) is 0 Å². The van der Waals surface area contributed by atoms with Gasteiger partial charge in [0, 0.05) is 52.9 Å². The normalized spacial score (nSPS) is 17.1. The number of allylic oxidation sites excluding steroid dienone is 3. The Morgan fingerprint density at radius 2 is 1.58 bits per heavy atom. The van der Waals surface area contributed by atoms with Gasteiger partial charge in [0.05, 0.1) is 70.3 Å². The molecule has 302 valence electrons. The summed E-state index contributed by atoms with van der Waals surface area (Å²) in [6.07, 6.45) is 6.98. The van der Waals surface area contributed by atoms with Gasteiger partial charge in [-0.15, -0.1) is 0 Å². The van der Waals surface area contributed by atoms with E-state index >= 15 is 0 Å². The molecule has 21 heteroatoms. The van der Waals surface area contributed by atoms with Crippen molar-refractivity contribution in [2.45, 2.75) is 49.8 Å². The van der Waals surface area contributed by atoms with Crippen molar-refractivity contribution in [1.29, 1.82) is 0 Å². The molecule has 2 heterocycles. The van der Waals surface area contributed by atoms with Gasteiger partial charge in [-0.05, 0) is 74.2 Å². The second-order valence-corrected chi connectivity index (χ2v) is 17.4. The average molecular weight is 871 g/mol. The van der Waals surface area contributed by atoms with Crippen molar-refractivity contribution in [2.75, 3.05) is 62.5 Å². The van der Waals surface area contributed by atoms with Gasteiger partial charge in [-0.2, -0.15) is 0 Å². The number of anilines is 1. The fourth-order valence-corrected chi connectivity index (χ4v) is 8.01. The molecule has 2 aliphatic heterocycles. The van der Waals surface area contributed by atoms with E-state index in [0.717, 1.165) is 16.5 Å². The Bertz CT molecular complexity index is 2280. The number of hydrogen-bond acceptors (Lipinski definition) is 14. The first-order chi connectivity index (χ1) is 25.8. The van der Waals surface area contributed by atoms with Crippen LogP contribution in [0.1, 0.15) is 50.7 Å². The number of carboxylic acid groups (broad SMARTS) is 1. The molecule has 0 saturated heterocycles. The third-order valence-electron chi connectivity index (χ3n) is 9.18. The molecule has 16 nitrogen and oxygen atoms in total. The molecule has 1 N–H and O–H groups in total. The van der Waals surface area contributed by atoms with Crippen LogP contribution in [0, 0.1) is 0 Å². The summed E-state index contributed by atoms with van der Waals surface area (Å²) >= 11 is 0. The average Bonchev–Trinajstić information content (AvgIpc) is 3.32. The van der Waals surface area contributed by atoms with E-state index in [0.29, 0.717) is 35.8 Å². The molecular formula is C36H44N2Na2O14S3. The first kappa shape index (κ1) is 51.2. The Morgan fingerprint density at radius 1 is 0.912 bits per heavy atom. The summed E-state index contributed by atoms with van der Waals surface area (Å²) in [6, 6.07) is 11.3. The third-order valence-corrected chi connectivity index (χ3v) is 11.6. The maximum atomic E-state index is 12.1. The van der Waals surface area contributed by atoms with E-state index in [2.05, 4.69) is 0 Å². The maximum absolute atomic E-state index is 12.1. The van der Waals surface area contributed by atoms with Gasteiger partial charge in [-0.3, -0.25) is 4.79 Å². The van der Waals surface area contributed by atoms with Gasteiger partial charge in [0.15, 0.2) is 0 Å². The Balaban J connectivity index is 0.00000561. The van der Waals surface area contributed by atoms with Gasteiger partial charge in [0.1, 0.15) is 29.0 Å². The van der Waals surface area contributed by atoms with Gasteiger partial charge < -0.3 is 37.6 Å². The minimum atomic E-state index is -4.86. The van der Waals surface area contributed by atoms with Crippen LogP contribution in [0.15, 0.2) is 75.9 Å². The molecule has 0 amide bonds. The Labute approximate surface area is 377 Å². The molecule has 1 aliphatic carbocycles. The first-order valence-corrected chi connectivity index (χ1v) is 22.0. The van der Waals surface area contributed by atoms with Gasteiger partial charge in [-0.1, -0.05) is 12.2 Å². The number of carboxylic acids is 1. The summed E-state index contributed by atoms with van der Waals surface area (Å²) in [5.74, 6) is -1.57. The van der Waals surface area contributed by atoms with Crippen molar-refractivity contribution in [3.05, 3.63) is 83.1 Å². The van der Waals surface area contributed by atoms with E-state index in [9.17, 15) is 43.7 Å². The standard InChI is InChI=1S/C36H46N2O14S3.2Na/c1-3-37(16-6-24-54(44,45)46)28-9-11-30-27(13-19-52-33(30)25-28)7-4-8-34-36(2,15-5-23-53(41,42)43)31-26-29(55(47,48)49)10-12-32(31)38(34)17-20-51-22-21-50-18-14-35(39)40;;/h4,7-13,19,25-26H,3,5-6,14-18,20-24H2,1-2H3,(H3-,39,40,41,42,43,44,45,46,47,48,49);;/q;2*+1/p-2. The summed E-state index contributed by atoms with van der Waals surface area (Å²) in [5.41, 5.74) is 2.09. The van der Waals surface area contributed by atoms with Crippen molar-refractivity contribution in [3.63, 3.8) is 0 Å². The number of benzene rings is 2.